The van der Waals surface area contributed by atoms with Gasteiger partial charge in [-0.25, -0.2) is 4.79 Å². The van der Waals surface area contributed by atoms with Gasteiger partial charge in [-0.15, -0.1) is 0 Å². The summed E-state index contributed by atoms with van der Waals surface area (Å²) in [5, 5.41) is 31.2. The number of hydrogen-bond donors (Lipinski definition) is 7. The van der Waals surface area contributed by atoms with Crippen LogP contribution >= 0.6 is 0 Å². The Labute approximate surface area is 225 Å². The molecule has 4 atom stereocenters. The van der Waals surface area contributed by atoms with Gasteiger partial charge < -0.3 is 36.5 Å². The lowest BCUT2D eigenvalue weighted by Crippen LogP contribution is -2.57. The van der Waals surface area contributed by atoms with Crippen LogP contribution in [0.5, 0.6) is 5.75 Å². The highest BCUT2D eigenvalue weighted by Crippen LogP contribution is 2.19. The normalized spacial score (nSPS) is 17.2. The van der Waals surface area contributed by atoms with Crippen LogP contribution in [0.25, 0.3) is 10.9 Å². The van der Waals surface area contributed by atoms with Crippen molar-refractivity contribution in [1.29, 1.82) is 0 Å². The van der Waals surface area contributed by atoms with Crippen molar-refractivity contribution in [3.05, 3.63) is 65.9 Å². The predicted octanol–water partition coefficient (Wildman–Crippen LogP) is 0.970. The highest BCUT2D eigenvalue weighted by molar-refractivity contribution is 5.94. The van der Waals surface area contributed by atoms with Gasteiger partial charge in [-0.05, 0) is 55.6 Å². The van der Waals surface area contributed by atoms with Crippen LogP contribution < -0.4 is 21.3 Å². The number of aliphatic carboxylic acids is 1. The van der Waals surface area contributed by atoms with E-state index in [2.05, 4.69) is 26.3 Å². The third-order valence-electron chi connectivity index (χ3n) is 6.85. The predicted molar refractivity (Wildman–Crippen MR) is 144 cm³/mol. The summed E-state index contributed by atoms with van der Waals surface area (Å²) < 4.78 is 0. The smallest absolute Gasteiger partial charge is 0.326 e. The molecule has 0 aliphatic carbocycles. The van der Waals surface area contributed by atoms with Crippen LogP contribution in [0.15, 0.2) is 54.7 Å². The summed E-state index contributed by atoms with van der Waals surface area (Å²) in [4.78, 5) is 53.9. The van der Waals surface area contributed by atoms with Crippen LogP contribution in [-0.4, -0.2) is 69.6 Å². The summed E-state index contributed by atoms with van der Waals surface area (Å²) >= 11 is 0. The number of fused-ring (bicyclic) bond motifs is 1. The van der Waals surface area contributed by atoms with Crippen LogP contribution in [0.3, 0.4) is 0 Å². The number of hydrogen-bond acceptors (Lipinski definition) is 6. The summed E-state index contributed by atoms with van der Waals surface area (Å²) in [5.41, 5.74) is 2.31. The van der Waals surface area contributed by atoms with E-state index >= 15 is 0 Å². The maximum atomic E-state index is 13.2. The third-order valence-corrected chi connectivity index (χ3v) is 6.85. The summed E-state index contributed by atoms with van der Waals surface area (Å²) in [7, 11) is 0. The number of phenols is 1. The number of rotatable bonds is 11. The standard InChI is InChI=1S/C28H33N5O6/c1-16(25(35)33-24(28(38)39)14-18-15-30-21-6-3-2-5-20(18)21)31-27(37)23(13-17-8-10-19(34)11-9-17)32-26(36)22-7-4-12-29-22/h2-3,5-6,8-11,15-16,22-24,29-30,34H,4,7,12-14H2,1H3,(H,31,37)(H,32,36)(H,33,35)(H,38,39). The van der Waals surface area contributed by atoms with Crippen molar-refractivity contribution >= 4 is 34.6 Å². The Morgan fingerprint density at radius 1 is 0.949 bits per heavy atom. The minimum absolute atomic E-state index is 0.0552. The van der Waals surface area contributed by atoms with E-state index in [1.807, 2.05) is 24.3 Å². The Hall–Kier alpha value is -4.38. The summed E-state index contributed by atoms with van der Waals surface area (Å²) in [5.74, 6) is -2.69. The van der Waals surface area contributed by atoms with Crippen molar-refractivity contribution in [1.82, 2.24) is 26.3 Å². The summed E-state index contributed by atoms with van der Waals surface area (Å²) in [6, 6.07) is 10.1. The van der Waals surface area contributed by atoms with Gasteiger partial charge in [0.05, 0.1) is 6.04 Å². The first-order chi connectivity index (χ1) is 18.7. The van der Waals surface area contributed by atoms with E-state index < -0.39 is 42.0 Å². The molecular formula is C28H33N5O6. The van der Waals surface area contributed by atoms with Crippen molar-refractivity contribution in [2.75, 3.05) is 6.54 Å². The van der Waals surface area contributed by atoms with E-state index in [0.29, 0.717) is 18.5 Å². The Kier molecular flexibility index (Phi) is 8.82. The first-order valence-corrected chi connectivity index (χ1v) is 12.9. The average Bonchev–Trinajstić information content (AvgIpc) is 3.60. The molecule has 3 amide bonds. The molecule has 11 heteroatoms. The van der Waals surface area contributed by atoms with Crippen LogP contribution in [0.4, 0.5) is 0 Å². The van der Waals surface area contributed by atoms with Crippen molar-refractivity contribution in [2.24, 2.45) is 0 Å². The highest BCUT2D eigenvalue weighted by atomic mass is 16.4. The van der Waals surface area contributed by atoms with E-state index in [1.165, 1.54) is 19.1 Å². The minimum atomic E-state index is -1.21. The first kappa shape index (κ1) is 27.6. The number of aromatic amines is 1. The lowest BCUT2D eigenvalue weighted by molar-refractivity contribution is -0.142. The number of aromatic hydroxyl groups is 1. The number of carboxylic acid groups (broad SMARTS) is 1. The molecule has 4 unspecified atom stereocenters. The molecule has 7 N–H and O–H groups in total. The summed E-state index contributed by atoms with van der Waals surface area (Å²) in [6.07, 6.45) is 3.42. The molecule has 1 aliphatic heterocycles. The Morgan fingerprint density at radius 3 is 2.38 bits per heavy atom. The van der Waals surface area contributed by atoms with E-state index in [4.69, 9.17) is 0 Å². The number of amides is 3. The minimum Gasteiger partial charge on any atom is -0.508 e. The van der Waals surface area contributed by atoms with Gasteiger partial charge >= 0.3 is 5.97 Å². The maximum absolute atomic E-state index is 13.2. The number of phenolic OH excluding ortho intramolecular Hbond substituents is 1. The zero-order chi connectivity index (χ0) is 27.9. The van der Waals surface area contributed by atoms with Crippen LogP contribution in [-0.2, 0) is 32.0 Å². The second-order valence-electron chi connectivity index (χ2n) is 9.77. The van der Waals surface area contributed by atoms with Gasteiger partial charge in [-0.3, -0.25) is 14.4 Å². The molecule has 1 aromatic heterocycles. The second kappa shape index (κ2) is 12.4. The molecule has 2 heterocycles. The van der Waals surface area contributed by atoms with Gasteiger partial charge in [0.2, 0.25) is 17.7 Å². The van der Waals surface area contributed by atoms with Crippen LogP contribution in [0, 0.1) is 0 Å². The molecule has 1 saturated heterocycles. The van der Waals surface area contributed by atoms with Crippen molar-refractivity contribution < 1.29 is 29.4 Å². The molecule has 1 aliphatic rings. The molecular weight excluding hydrogens is 502 g/mol. The van der Waals surface area contributed by atoms with Gasteiger partial charge in [0, 0.05) is 29.9 Å². The molecule has 1 fully saturated rings. The number of carbonyl (C=O) groups is 4. The van der Waals surface area contributed by atoms with Gasteiger partial charge in [0.1, 0.15) is 23.9 Å². The van der Waals surface area contributed by atoms with E-state index in [0.717, 1.165) is 22.9 Å². The number of H-pyrrole nitrogens is 1. The zero-order valence-corrected chi connectivity index (χ0v) is 21.6. The maximum Gasteiger partial charge on any atom is 0.326 e. The molecule has 0 radical (unpaired) electrons. The quantitative estimate of drug-likeness (QED) is 0.192. The molecule has 0 spiro atoms. The van der Waals surface area contributed by atoms with Gasteiger partial charge in [0.25, 0.3) is 0 Å². The second-order valence-corrected chi connectivity index (χ2v) is 9.77. The van der Waals surface area contributed by atoms with E-state index in [9.17, 15) is 29.4 Å². The van der Waals surface area contributed by atoms with Crippen LogP contribution in [0.2, 0.25) is 0 Å². The van der Waals surface area contributed by atoms with Gasteiger partial charge in [-0.1, -0.05) is 30.3 Å². The van der Waals surface area contributed by atoms with E-state index in [-0.39, 0.29) is 24.5 Å². The van der Waals surface area contributed by atoms with Crippen LogP contribution in [0.1, 0.15) is 30.9 Å². The number of carbonyl (C=O) groups excluding carboxylic acids is 3. The molecule has 0 bridgehead atoms. The number of nitrogens with one attached hydrogen (secondary N) is 5. The Bertz CT molecular complexity index is 1330. The molecule has 11 nitrogen and oxygen atoms in total. The molecule has 0 saturated carbocycles. The topological polar surface area (TPSA) is 173 Å². The average molecular weight is 536 g/mol. The van der Waals surface area contributed by atoms with E-state index in [1.54, 1.807) is 18.3 Å². The Balaban J connectivity index is 1.41. The monoisotopic (exact) mass is 535 g/mol. The lowest BCUT2D eigenvalue weighted by atomic mass is 10.0. The SMILES string of the molecule is CC(NC(=O)C(Cc1ccc(O)cc1)NC(=O)C1CCCN1)C(=O)NC(Cc1c[nH]c2ccccc12)C(=O)O. The van der Waals surface area contributed by atoms with Crippen molar-refractivity contribution in [2.45, 2.75) is 56.8 Å². The fourth-order valence-corrected chi connectivity index (χ4v) is 4.65. The number of aromatic nitrogens is 1. The lowest BCUT2D eigenvalue weighted by Gasteiger charge is -2.23. The van der Waals surface area contributed by atoms with Gasteiger partial charge in [0.15, 0.2) is 0 Å². The fraction of sp³-hybridized carbons (Fsp3) is 0.357. The molecule has 3 aromatic rings. The molecule has 2 aromatic carbocycles. The summed E-state index contributed by atoms with van der Waals surface area (Å²) in [6.45, 7) is 2.17. The number of benzene rings is 2. The number of para-hydroxylation sites is 1. The molecule has 39 heavy (non-hydrogen) atoms. The largest absolute Gasteiger partial charge is 0.508 e. The van der Waals surface area contributed by atoms with Crippen molar-refractivity contribution in [3.63, 3.8) is 0 Å². The third kappa shape index (κ3) is 7.14. The molecule has 206 valence electrons. The van der Waals surface area contributed by atoms with Gasteiger partial charge in [-0.2, -0.15) is 0 Å². The number of carboxylic acids is 1. The van der Waals surface area contributed by atoms with Crippen molar-refractivity contribution in [3.8, 4) is 5.75 Å². The first-order valence-electron chi connectivity index (χ1n) is 12.9. The molecule has 4 rings (SSSR count). The Morgan fingerprint density at radius 2 is 1.69 bits per heavy atom. The fourth-order valence-electron chi connectivity index (χ4n) is 4.65. The highest BCUT2D eigenvalue weighted by Gasteiger charge is 2.30. The zero-order valence-electron chi connectivity index (χ0n) is 21.6.